The molecule has 1 fully saturated rings. The maximum absolute atomic E-state index is 8.84. The van der Waals surface area contributed by atoms with E-state index < -0.39 is 0 Å². The van der Waals surface area contributed by atoms with Gasteiger partial charge in [0, 0.05) is 15.3 Å². The molecule has 1 unspecified atom stereocenters. The van der Waals surface area contributed by atoms with Crippen molar-refractivity contribution >= 4 is 49.9 Å². The fraction of sp³-hybridized carbons (Fsp3) is 0.545. The van der Waals surface area contributed by atoms with Crippen LogP contribution in [-0.2, 0) is 16.3 Å². The first kappa shape index (κ1) is 17.1. The number of rotatable bonds is 3. The minimum Gasteiger partial charge on any atom is -0.221 e. The van der Waals surface area contributed by atoms with Crippen molar-refractivity contribution in [3.63, 3.8) is 0 Å². The van der Waals surface area contributed by atoms with E-state index in [1.54, 1.807) is 11.3 Å². The van der Waals surface area contributed by atoms with E-state index in [9.17, 15) is 0 Å². The molecule has 0 aliphatic carbocycles. The van der Waals surface area contributed by atoms with Crippen LogP contribution in [0, 0.1) is 17.1 Å². The summed E-state index contributed by atoms with van der Waals surface area (Å²) in [6.45, 7) is 0.307. The Morgan fingerprint density at radius 1 is 1.63 bits per heavy atom. The molecule has 19 heavy (non-hydrogen) atoms. The third-order valence-electron chi connectivity index (χ3n) is 2.98. The average molecular weight is 411 g/mol. The molecule has 1 saturated heterocycles. The fourth-order valence-electron chi connectivity index (χ4n) is 2.15. The summed E-state index contributed by atoms with van der Waals surface area (Å²) < 4.78 is 2.32. The molecule has 4 nitrogen and oxygen atoms in total. The van der Waals surface area contributed by atoms with E-state index in [0.29, 0.717) is 12.6 Å². The zero-order chi connectivity index (χ0) is 14.3. The van der Waals surface area contributed by atoms with Crippen LogP contribution in [-0.4, -0.2) is 19.1 Å². The van der Waals surface area contributed by atoms with Gasteiger partial charge in [-0.05, 0) is 50.3 Å². The quantitative estimate of drug-likeness (QED) is 0.455. The third-order valence-corrected chi connectivity index (χ3v) is 6.26. The van der Waals surface area contributed by atoms with Crippen LogP contribution in [0.3, 0.4) is 0 Å². The van der Waals surface area contributed by atoms with Crippen LogP contribution in [0.4, 0.5) is 0 Å². The molecule has 1 aromatic rings. The molecule has 1 atom stereocenters. The second-order valence-corrected chi connectivity index (χ2v) is 7.59. The summed E-state index contributed by atoms with van der Waals surface area (Å²) in [5, 5.41) is 19.0. The fourth-order valence-corrected chi connectivity index (χ4v) is 4.45. The zero-order valence-electron chi connectivity index (χ0n) is 10.4. The van der Waals surface area contributed by atoms with Crippen molar-refractivity contribution in [2.45, 2.75) is 25.5 Å². The van der Waals surface area contributed by atoms with E-state index in [2.05, 4.69) is 53.8 Å². The Bertz CT molecular complexity index is 417. The molecule has 2 rings (SSSR count). The smallest absolute Gasteiger partial charge is 0.221 e. The molecular weight excluding hydrogens is 397 g/mol. The molecule has 1 aliphatic rings. The van der Waals surface area contributed by atoms with E-state index in [-0.39, 0.29) is 0 Å². The number of nitrogens with zero attached hydrogens (tertiary/aromatic N) is 1. The topological polar surface area (TPSA) is 62.5 Å². The molecule has 8 heteroatoms. The average Bonchev–Trinajstić information content (AvgIpc) is 2.98. The summed E-state index contributed by atoms with van der Waals surface area (Å²) in [5.41, 5.74) is 0. The summed E-state index contributed by atoms with van der Waals surface area (Å²) in [6, 6.07) is 2.19. The second kappa shape index (κ2) is 9.11. The minimum atomic E-state index is 0.307. The maximum atomic E-state index is 8.84. The Hall–Kier alpha value is 0.0949. The normalized spacial score (nSPS) is 17.8. The highest BCUT2D eigenvalue weighted by Gasteiger charge is 2.28. The van der Waals surface area contributed by atoms with Crippen LogP contribution in [0.2, 0.25) is 12.6 Å². The predicted molar refractivity (Wildman–Crippen MR) is 83.2 cm³/mol. The summed E-state index contributed by atoms with van der Waals surface area (Å²) in [4.78, 5) is 5.01. The van der Waals surface area contributed by atoms with E-state index >= 15 is 0 Å². The lowest BCUT2D eigenvalue weighted by molar-refractivity contribution is -0.479. The predicted octanol–water partition coefficient (Wildman–Crippen LogP) is 4.43. The van der Waals surface area contributed by atoms with Crippen molar-refractivity contribution in [1.29, 1.82) is 5.26 Å². The molecule has 1 aromatic heterocycles. The summed E-state index contributed by atoms with van der Waals surface area (Å²) in [5.74, 6) is 3.10. The van der Waals surface area contributed by atoms with Crippen molar-refractivity contribution in [3.05, 3.63) is 19.2 Å². The molecular formula is C11H14BBr2NO3S. The van der Waals surface area contributed by atoms with Crippen LogP contribution in [0.25, 0.3) is 0 Å². The largest absolute Gasteiger partial charge is 0.268 e. The molecule has 0 radical (unpaired) electrons. The summed E-state index contributed by atoms with van der Waals surface area (Å²) in [6.07, 6.45) is 4.52. The van der Waals surface area contributed by atoms with Crippen LogP contribution >= 0.6 is 43.2 Å². The highest BCUT2D eigenvalue weighted by Crippen LogP contribution is 2.36. The van der Waals surface area contributed by atoms with Gasteiger partial charge < -0.3 is 0 Å². The minimum absolute atomic E-state index is 0.307. The van der Waals surface area contributed by atoms with Gasteiger partial charge in [-0.15, -0.1) is 11.3 Å². The van der Waals surface area contributed by atoms with Gasteiger partial charge >= 0.3 is 0 Å². The summed E-state index contributed by atoms with van der Waals surface area (Å²) in [7, 11) is 1.21. The lowest BCUT2D eigenvalue weighted by atomic mass is 9.50. The van der Waals surface area contributed by atoms with Gasteiger partial charge in [0.05, 0.1) is 10.9 Å². The van der Waals surface area contributed by atoms with Gasteiger partial charge in [0.2, 0.25) is 0 Å². The van der Waals surface area contributed by atoms with Crippen LogP contribution in [0.1, 0.15) is 11.3 Å². The van der Waals surface area contributed by atoms with E-state index in [1.807, 2.05) is 0 Å². The second-order valence-electron chi connectivity index (χ2n) is 4.28. The van der Waals surface area contributed by atoms with Gasteiger partial charge in [0.25, 0.3) is 6.71 Å². The third kappa shape index (κ3) is 5.94. The Labute approximate surface area is 133 Å². The molecule has 104 valence electrons. The Balaban J connectivity index is 0.000000399. The van der Waals surface area contributed by atoms with Gasteiger partial charge in [-0.2, -0.15) is 0 Å². The maximum Gasteiger partial charge on any atom is 0.268 e. The van der Waals surface area contributed by atoms with Crippen molar-refractivity contribution in [2.75, 3.05) is 7.11 Å². The monoisotopic (exact) mass is 409 g/mol. The molecule has 2 heterocycles. The van der Waals surface area contributed by atoms with Crippen molar-refractivity contribution in [3.8, 4) is 5.97 Å². The van der Waals surface area contributed by atoms with Crippen molar-refractivity contribution in [2.24, 2.45) is 5.92 Å². The Kier molecular flexibility index (Phi) is 8.22. The lowest BCUT2D eigenvalue weighted by Gasteiger charge is -2.05. The van der Waals surface area contributed by atoms with Crippen LogP contribution in [0.15, 0.2) is 14.3 Å². The van der Waals surface area contributed by atoms with Crippen LogP contribution in [0.5, 0.6) is 0 Å². The number of nitriles is 1. The SMILES string of the molecule is COOO.N#CB1CCC(Cc2cc(Br)c(Br)s2)C1. The molecule has 0 bridgehead atoms. The first-order valence-corrected chi connectivity index (χ1v) is 8.18. The molecule has 1 N–H and O–H groups in total. The van der Waals surface area contributed by atoms with Gasteiger partial charge in [0.1, 0.15) is 0 Å². The first-order chi connectivity index (χ1) is 9.10. The zero-order valence-corrected chi connectivity index (χ0v) is 14.4. The summed E-state index contributed by atoms with van der Waals surface area (Å²) >= 11 is 8.81. The molecule has 0 amide bonds. The number of hydrogen-bond acceptors (Lipinski definition) is 5. The molecule has 1 aliphatic heterocycles. The van der Waals surface area contributed by atoms with Gasteiger partial charge in [-0.3, -0.25) is 0 Å². The van der Waals surface area contributed by atoms with Crippen LogP contribution < -0.4 is 0 Å². The lowest BCUT2D eigenvalue weighted by Crippen LogP contribution is -2.04. The number of hydrogen-bond donors (Lipinski definition) is 1. The highest BCUT2D eigenvalue weighted by atomic mass is 79.9. The van der Waals surface area contributed by atoms with Gasteiger partial charge in [-0.25, -0.2) is 15.4 Å². The van der Waals surface area contributed by atoms with E-state index in [0.717, 1.165) is 23.5 Å². The molecule has 0 spiro atoms. The van der Waals surface area contributed by atoms with Gasteiger partial charge in [-0.1, -0.05) is 24.1 Å². The number of thiophene rings is 1. The van der Waals surface area contributed by atoms with Gasteiger partial charge in [0.15, 0.2) is 0 Å². The van der Waals surface area contributed by atoms with Crippen molar-refractivity contribution in [1.82, 2.24) is 0 Å². The van der Waals surface area contributed by atoms with Crippen molar-refractivity contribution < 1.29 is 15.2 Å². The Morgan fingerprint density at radius 2 is 2.32 bits per heavy atom. The van der Waals surface area contributed by atoms with E-state index in [1.165, 1.54) is 22.2 Å². The van der Waals surface area contributed by atoms with E-state index in [4.69, 9.17) is 10.5 Å². The molecule has 0 saturated carbocycles. The standard InChI is InChI=1S/C10H10BBr2NS.CH4O3/c12-9-4-8(15-10(9)13)3-7-1-2-11(5-7)6-14;1-3-4-2/h4,7H,1-3,5H2;2H,1H3. The first-order valence-electron chi connectivity index (χ1n) is 5.78. The molecule has 0 aromatic carbocycles. The highest BCUT2D eigenvalue weighted by molar-refractivity contribution is 9.13. The number of halogens is 2. The Morgan fingerprint density at radius 3 is 2.74 bits per heavy atom.